The van der Waals surface area contributed by atoms with Crippen molar-refractivity contribution in [1.82, 2.24) is 10.3 Å². The lowest BCUT2D eigenvalue weighted by molar-refractivity contribution is 0.434. The van der Waals surface area contributed by atoms with Crippen LogP contribution in [0.25, 0.3) is 10.9 Å². The molecule has 0 spiro atoms. The summed E-state index contributed by atoms with van der Waals surface area (Å²) in [5.41, 5.74) is 2.42. The first kappa shape index (κ1) is 9.28. The van der Waals surface area contributed by atoms with Crippen molar-refractivity contribution in [3.05, 3.63) is 36.0 Å². The van der Waals surface area contributed by atoms with E-state index < -0.39 is 0 Å². The Labute approximate surface area is 84.3 Å². The first-order valence-corrected chi connectivity index (χ1v) is 4.90. The Morgan fingerprint density at radius 2 is 1.93 bits per heavy atom. The minimum Gasteiger partial charge on any atom is -0.357 e. The van der Waals surface area contributed by atoms with Gasteiger partial charge in [-0.2, -0.15) is 0 Å². The van der Waals surface area contributed by atoms with Gasteiger partial charge in [0, 0.05) is 11.2 Å². The molecule has 0 unspecified atom stereocenters. The van der Waals surface area contributed by atoms with Crippen LogP contribution in [-0.4, -0.2) is 12.0 Å². The zero-order valence-electron chi connectivity index (χ0n) is 8.89. The Hall–Kier alpha value is -1.28. The lowest BCUT2D eigenvalue weighted by atomic mass is 10.0. The van der Waals surface area contributed by atoms with Gasteiger partial charge in [0.05, 0.1) is 5.54 Å². The van der Waals surface area contributed by atoms with E-state index >= 15 is 0 Å². The van der Waals surface area contributed by atoms with Gasteiger partial charge < -0.3 is 10.3 Å². The minimum absolute atomic E-state index is 0.000972. The summed E-state index contributed by atoms with van der Waals surface area (Å²) in [7, 11) is 1.98. The first-order chi connectivity index (χ1) is 6.63. The molecule has 2 heteroatoms. The molecule has 0 fully saturated rings. The van der Waals surface area contributed by atoms with Gasteiger partial charge in [-0.05, 0) is 38.4 Å². The van der Waals surface area contributed by atoms with E-state index in [1.54, 1.807) is 0 Å². The molecule has 0 aliphatic rings. The molecule has 2 nitrogen and oxygen atoms in total. The summed E-state index contributed by atoms with van der Waals surface area (Å²) in [4.78, 5) is 3.42. The highest BCUT2D eigenvalue weighted by atomic mass is 15.0. The fourth-order valence-electron chi connectivity index (χ4n) is 1.54. The predicted molar refractivity (Wildman–Crippen MR) is 60.4 cm³/mol. The monoisotopic (exact) mass is 188 g/mol. The number of H-pyrrole nitrogens is 1. The topological polar surface area (TPSA) is 27.8 Å². The van der Waals surface area contributed by atoms with Crippen molar-refractivity contribution in [3.63, 3.8) is 0 Å². The standard InChI is InChI=1S/C12H16N2/c1-12(2,13-3)11-8-9-6-4-5-7-10(9)14-11/h4-8,13-14H,1-3H3. The Kier molecular flexibility index (Phi) is 2.08. The van der Waals surface area contributed by atoms with Crippen LogP contribution in [0.2, 0.25) is 0 Å². The molecule has 0 atom stereocenters. The third kappa shape index (κ3) is 1.42. The van der Waals surface area contributed by atoms with Gasteiger partial charge in [-0.3, -0.25) is 0 Å². The van der Waals surface area contributed by atoms with Gasteiger partial charge >= 0.3 is 0 Å². The molecule has 2 rings (SSSR count). The summed E-state index contributed by atoms with van der Waals surface area (Å²) in [5, 5.41) is 4.56. The molecule has 1 aromatic heterocycles. The maximum Gasteiger partial charge on any atom is 0.0527 e. The summed E-state index contributed by atoms with van der Waals surface area (Å²) in [6.07, 6.45) is 0. The van der Waals surface area contributed by atoms with Crippen molar-refractivity contribution in [1.29, 1.82) is 0 Å². The second-order valence-corrected chi connectivity index (χ2v) is 4.15. The second-order valence-electron chi connectivity index (χ2n) is 4.15. The average molecular weight is 188 g/mol. The largest absolute Gasteiger partial charge is 0.357 e. The lowest BCUT2D eigenvalue weighted by Crippen LogP contribution is -2.33. The number of hydrogen-bond donors (Lipinski definition) is 2. The van der Waals surface area contributed by atoms with Crippen molar-refractivity contribution in [2.75, 3.05) is 7.05 Å². The second kappa shape index (κ2) is 3.14. The van der Waals surface area contributed by atoms with Crippen LogP contribution in [-0.2, 0) is 5.54 Å². The molecule has 0 bridgehead atoms. The number of aromatic amines is 1. The highest BCUT2D eigenvalue weighted by molar-refractivity contribution is 5.80. The van der Waals surface area contributed by atoms with E-state index in [-0.39, 0.29) is 5.54 Å². The smallest absolute Gasteiger partial charge is 0.0527 e. The highest BCUT2D eigenvalue weighted by Gasteiger charge is 2.19. The molecule has 0 aliphatic heterocycles. The van der Waals surface area contributed by atoms with Gasteiger partial charge in [0.1, 0.15) is 0 Å². The van der Waals surface area contributed by atoms with Crippen molar-refractivity contribution in [2.45, 2.75) is 19.4 Å². The van der Waals surface area contributed by atoms with Gasteiger partial charge in [0.15, 0.2) is 0 Å². The van der Waals surface area contributed by atoms with E-state index in [4.69, 9.17) is 0 Å². The fraction of sp³-hybridized carbons (Fsp3) is 0.333. The third-order valence-corrected chi connectivity index (χ3v) is 2.83. The summed E-state index contributed by atoms with van der Waals surface area (Å²) < 4.78 is 0. The quantitative estimate of drug-likeness (QED) is 0.745. The van der Waals surface area contributed by atoms with Gasteiger partial charge in [-0.25, -0.2) is 0 Å². The molecule has 2 aromatic rings. The van der Waals surface area contributed by atoms with Crippen LogP contribution in [0.4, 0.5) is 0 Å². The van der Waals surface area contributed by atoms with Crippen LogP contribution < -0.4 is 5.32 Å². The molecule has 0 saturated carbocycles. The zero-order chi connectivity index (χ0) is 10.2. The van der Waals surface area contributed by atoms with Crippen molar-refractivity contribution in [2.24, 2.45) is 0 Å². The van der Waals surface area contributed by atoms with Gasteiger partial charge in [-0.1, -0.05) is 18.2 Å². The van der Waals surface area contributed by atoms with E-state index in [0.29, 0.717) is 0 Å². The Morgan fingerprint density at radius 1 is 1.21 bits per heavy atom. The Bertz CT molecular complexity index is 407. The normalized spacial score (nSPS) is 12.2. The number of para-hydroxylation sites is 1. The SMILES string of the molecule is CNC(C)(C)c1cc2ccccc2[nH]1. The van der Waals surface area contributed by atoms with Crippen molar-refractivity contribution < 1.29 is 0 Å². The molecule has 0 saturated heterocycles. The lowest BCUT2D eigenvalue weighted by Gasteiger charge is -2.22. The van der Waals surface area contributed by atoms with Crippen molar-refractivity contribution >= 4 is 10.9 Å². The molecule has 0 aliphatic carbocycles. The van der Waals surface area contributed by atoms with Crippen LogP contribution in [0, 0.1) is 0 Å². The van der Waals surface area contributed by atoms with E-state index in [1.165, 1.54) is 16.6 Å². The predicted octanol–water partition coefficient (Wildman–Crippen LogP) is 2.62. The Balaban J connectivity index is 2.55. The third-order valence-electron chi connectivity index (χ3n) is 2.83. The van der Waals surface area contributed by atoms with E-state index in [9.17, 15) is 0 Å². The highest BCUT2D eigenvalue weighted by Crippen LogP contribution is 2.23. The number of nitrogens with one attached hydrogen (secondary N) is 2. The van der Waals surface area contributed by atoms with Gasteiger partial charge in [0.25, 0.3) is 0 Å². The molecular weight excluding hydrogens is 172 g/mol. The fourth-order valence-corrected chi connectivity index (χ4v) is 1.54. The van der Waals surface area contributed by atoms with Crippen molar-refractivity contribution in [3.8, 4) is 0 Å². The molecule has 74 valence electrons. The van der Waals surface area contributed by atoms with E-state index in [1.807, 2.05) is 7.05 Å². The summed E-state index contributed by atoms with van der Waals surface area (Å²) in [6.45, 7) is 4.33. The maximum atomic E-state index is 3.42. The minimum atomic E-state index is -0.000972. The molecular formula is C12H16N2. The number of hydrogen-bond acceptors (Lipinski definition) is 1. The number of fused-ring (bicyclic) bond motifs is 1. The Morgan fingerprint density at radius 3 is 2.57 bits per heavy atom. The average Bonchev–Trinajstić information content (AvgIpc) is 2.61. The van der Waals surface area contributed by atoms with E-state index in [0.717, 1.165) is 0 Å². The first-order valence-electron chi connectivity index (χ1n) is 4.90. The molecule has 14 heavy (non-hydrogen) atoms. The van der Waals surface area contributed by atoms with Crippen LogP contribution in [0.5, 0.6) is 0 Å². The molecule has 0 amide bonds. The zero-order valence-corrected chi connectivity index (χ0v) is 8.89. The van der Waals surface area contributed by atoms with Crippen LogP contribution >= 0.6 is 0 Å². The van der Waals surface area contributed by atoms with Crippen LogP contribution in [0.15, 0.2) is 30.3 Å². The van der Waals surface area contributed by atoms with Crippen LogP contribution in [0.3, 0.4) is 0 Å². The summed E-state index contributed by atoms with van der Waals surface area (Å²) in [5.74, 6) is 0. The number of rotatable bonds is 2. The van der Waals surface area contributed by atoms with Crippen LogP contribution in [0.1, 0.15) is 19.5 Å². The molecule has 2 N–H and O–H groups in total. The molecule has 0 radical (unpaired) electrons. The number of benzene rings is 1. The van der Waals surface area contributed by atoms with Gasteiger partial charge in [0.2, 0.25) is 0 Å². The molecule has 1 aromatic carbocycles. The molecule has 1 heterocycles. The summed E-state index contributed by atoms with van der Waals surface area (Å²) >= 11 is 0. The number of aromatic nitrogens is 1. The summed E-state index contributed by atoms with van der Waals surface area (Å²) in [6, 6.07) is 10.5. The van der Waals surface area contributed by atoms with Gasteiger partial charge in [-0.15, -0.1) is 0 Å². The maximum absolute atomic E-state index is 3.42. The van der Waals surface area contributed by atoms with E-state index in [2.05, 4.69) is 54.5 Å².